The molecule has 0 N–H and O–H groups in total. The molecule has 0 aromatic carbocycles. The standard InChI is InChI=1S/C23H28N6O4/c1-15-7-8-18(22(30)27-11-5-4-6-12-27)19(24-15)17-9-13-28(14-10-17)23(31)21-20(29(32)33)16(2)25-26(21)3/h4-5,7-8,17H,6,9-14H2,1-3H3. The normalized spacial score (nSPS) is 16.8. The first kappa shape index (κ1) is 22.6. The number of piperidine rings is 1. The van der Waals surface area contributed by atoms with Gasteiger partial charge in [-0.2, -0.15) is 5.10 Å². The summed E-state index contributed by atoms with van der Waals surface area (Å²) in [5, 5.41) is 15.5. The lowest BCUT2D eigenvalue weighted by Crippen LogP contribution is -2.40. The van der Waals surface area contributed by atoms with Crippen LogP contribution in [0.25, 0.3) is 0 Å². The SMILES string of the molecule is Cc1ccc(C(=O)N2CC=CCC2)c(C2CCN(C(=O)c3c([N+](=O)[O-])c(C)nn3C)CC2)n1. The molecule has 0 radical (unpaired) electrons. The summed E-state index contributed by atoms with van der Waals surface area (Å²) in [6.45, 7) is 5.59. The molecule has 2 aromatic heterocycles. The number of hydrogen-bond acceptors (Lipinski definition) is 6. The van der Waals surface area contributed by atoms with Crippen molar-refractivity contribution in [3.63, 3.8) is 0 Å². The predicted octanol–water partition coefficient (Wildman–Crippen LogP) is 2.76. The third-order valence-corrected chi connectivity index (χ3v) is 6.38. The summed E-state index contributed by atoms with van der Waals surface area (Å²) in [5.74, 6) is -0.366. The molecule has 1 saturated heterocycles. The van der Waals surface area contributed by atoms with Crippen molar-refractivity contribution >= 4 is 17.5 Å². The van der Waals surface area contributed by atoms with Gasteiger partial charge in [-0.15, -0.1) is 0 Å². The molecule has 33 heavy (non-hydrogen) atoms. The zero-order chi connectivity index (χ0) is 23.7. The van der Waals surface area contributed by atoms with E-state index >= 15 is 0 Å². The first-order chi connectivity index (χ1) is 15.8. The molecule has 2 aliphatic rings. The molecule has 4 heterocycles. The van der Waals surface area contributed by atoms with Crippen LogP contribution < -0.4 is 0 Å². The zero-order valence-corrected chi connectivity index (χ0v) is 19.2. The smallest absolute Gasteiger partial charge is 0.322 e. The Morgan fingerprint density at radius 2 is 1.79 bits per heavy atom. The van der Waals surface area contributed by atoms with E-state index in [9.17, 15) is 19.7 Å². The Hall–Kier alpha value is -3.56. The van der Waals surface area contributed by atoms with E-state index in [1.807, 2.05) is 30.0 Å². The highest BCUT2D eigenvalue weighted by atomic mass is 16.6. The minimum Gasteiger partial charge on any atom is -0.337 e. The number of aryl methyl sites for hydroxylation is 3. The second-order valence-electron chi connectivity index (χ2n) is 8.63. The van der Waals surface area contributed by atoms with Gasteiger partial charge in [-0.1, -0.05) is 12.2 Å². The molecule has 2 aromatic rings. The van der Waals surface area contributed by atoms with E-state index in [0.717, 1.165) is 17.8 Å². The Morgan fingerprint density at radius 3 is 2.42 bits per heavy atom. The zero-order valence-electron chi connectivity index (χ0n) is 19.2. The van der Waals surface area contributed by atoms with Gasteiger partial charge in [0.1, 0.15) is 5.69 Å². The Bertz CT molecular complexity index is 1130. The first-order valence-corrected chi connectivity index (χ1v) is 11.2. The van der Waals surface area contributed by atoms with Gasteiger partial charge in [0.2, 0.25) is 5.69 Å². The molecule has 1 fully saturated rings. The highest BCUT2D eigenvalue weighted by Crippen LogP contribution is 2.32. The van der Waals surface area contributed by atoms with Gasteiger partial charge in [-0.25, -0.2) is 0 Å². The third-order valence-electron chi connectivity index (χ3n) is 6.38. The van der Waals surface area contributed by atoms with Gasteiger partial charge in [0.15, 0.2) is 0 Å². The van der Waals surface area contributed by atoms with Crippen LogP contribution >= 0.6 is 0 Å². The van der Waals surface area contributed by atoms with Gasteiger partial charge in [-0.3, -0.25) is 29.4 Å². The van der Waals surface area contributed by atoms with Crippen LogP contribution in [0.5, 0.6) is 0 Å². The van der Waals surface area contributed by atoms with Crippen molar-refractivity contribution in [3.05, 3.63) is 62.7 Å². The fourth-order valence-corrected chi connectivity index (χ4v) is 4.68. The fraction of sp³-hybridized carbons (Fsp3) is 0.478. The van der Waals surface area contributed by atoms with Crippen LogP contribution in [-0.4, -0.2) is 67.5 Å². The van der Waals surface area contributed by atoms with Gasteiger partial charge >= 0.3 is 5.69 Å². The van der Waals surface area contributed by atoms with E-state index in [0.29, 0.717) is 44.6 Å². The second-order valence-corrected chi connectivity index (χ2v) is 8.63. The van der Waals surface area contributed by atoms with E-state index in [1.54, 1.807) is 11.9 Å². The largest absolute Gasteiger partial charge is 0.337 e. The average molecular weight is 453 g/mol. The summed E-state index contributed by atoms with van der Waals surface area (Å²) >= 11 is 0. The van der Waals surface area contributed by atoms with E-state index in [4.69, 9.17) is 4.98 Å². The number of nitrogens with zero attached hydrogens (tertiary/aromatic N) is 6. The van der Waals surface area contributed by atoms with Gasteiger partial charge in [-0.05, 0) is 45.2 Å². The molecule has 0 spiro atoms. The van der Waals surface area contributed by atoms with Crippen molar-refractivity contribution < 1.29 is 14.5 Å². The minimum atomic E-state index is -0.549. The highest BCUT2D eigenvalue weighted by Gasteiger charge is 2.35. The molecule has 4 rings (SSSR count). The summed E-state index contributed by atoms with van der Waals surface area (Å²) in [5.41, 5.74) is 2.23. The van der Waals surface area contributed by atoms with Crippen molar-refractivity contribution in [3.8, 4) is 0 Å². The topological polar surface area (TPSA) is 114 Å². The number of likely N-dealkylation sites (tertiary alicyclic amines) is 1. The van der Waals surface area contributed by atoms with Crippen molar-refractivity contribution in [2.75, 3.05) is 26.2 Å². The lowest BCUT2D eigenvalue weighted by molar-refractivity contribution is -0.385. The Balaban J connectivity index is 1.52. The van der Waals surface area contributed by atoms with Crippen molar-refractivity contribution in [2.45, 2.75) is 39.0 Å². The van der Waals surface area contributed by atoms with Crippen LogP contribution in [0.2, 0.25) is 0 Å². The Kier molecular flexibility index (Phi) is 6.26. The van der Waals surface area contributed by atoms with Gasteiger partial charge < -0.3 is 9.80 Å². The number of pyridine rings is 1. The molecule has 2 amide bonds. The van der Waals surface area contributed by atoms with Crippen molar-refractivity contribution in [1.82, 2.24) is 24.6 Å². The molecule has 0 unspecified atom stereocenters. The fourth-order valence-electron chi connectivity index (χ4n) is 4.68. The monoisotopic (exact) mass is 452 g/mol. The van der Waals surface area contributed by atoms with E-state index in [-0.39, 0.29) is 28.9 Å². The van der Waals surface area contributed by atoms with Gasteiger partial charge in [0, 0.05) is 44.8 Å². The molecule has 0 saturated carbocycles. The maximum absolute atomic E-state index is 13.2. The van der Waals surface area contributed by atoms with Crippen LogP contribution in [0.15, 0.2) is 24.3 Å². The number of amides is 2. The highest BCUT2D eigenvalue weighted by molar-refractivity contribution is 5.97. The third kappa shape index (κ3) is 4.37. The Morgan fingerprint density at radius 1 is 1.06 bits per heavy atom. The molecule has 10 heteroatoms. The maximum atomic E-state index is 13.2. The van der Waals surface area contributed by atoms with Crippen molar-refractivity contribution in [1.29, 1.82) is 0 Å². The lowest BCUT2D eigenvalue weighted by Gasteiger charge is -2.33. The summed E-state index contributed by atoms with van der Waals surface area (Å²) in [6, 6.07) is 3.72. The van der Waals surface area contributed by atoms with Gasteiger partial charge in [0.25, 0.3) is 11.8 Å². The number of aromatic nitrogens is 3. The minimum absolute atomic E-state index is 0.00125. The molecular formula is C23H28N6O4. The molecular weight excluding hydrogens is 424 g/mol. The number of carbonyl (C=O) groups excluding carboxylic acids is 2. The van der Waals surface area contributed by atoms with Crippen LogP contribution in [0.1, 0.15) is 63.1 Å². The first-order valence-electron chi connectivity index (χ1n) is 11.2. The van der Waals surface area contributed by atoms with E-state index in [2.05, 4.69) is 11.2 Å². The Labute approximate surface area is 192 Å². The molecule has 174 valence electrons. The molecule has 2 aliphatic heterocycles. The number of hydrogen-bond donors (Lipinski definition) is 0. The molecule has 10 nitrogen and oxygen atoms in total. The maximum Gasteiger partial charge on any atom is 0.322 e. The summed E-state index contributed by atoms with van der Waals surface area (Å²) in [6.07, 6.45) is 6.20. The predicted molar refractivity (Wildman–Crippen MR) is 121 cm³/mol. The van der Waals surface area contributed by atoms with Crippen LogP contribution in [0.4, 0.5) is 5.69 Å². The van der Waals surface area contributed by atoms with Gasteiger partial charge in [0.05, 0.1) is 16.2 Å². The summed E-state index contributed by atoms with van der Waals surface area (Å²) < 4.78 is 1.29. The lowest BCUT2D eigenvalue weighted by atomic mass is 9.89. The number of carbonyl (C=O) groups is 2. The summed E-state index contributed by atoms with van der Waals surface area (Å²) in [7, 11) is 1.55. The van der Waals surface area contributed by atoms with Crippen LogP contribution in [-0.2, 0) is 7.05 Å². The summed E-state index contributed by atoms with van der Waals surface area (Å²) in [4.78, 5) is 45.4. The van der Waals surface area contributed by atoms with Crippen LogP contribution in [0, 0.1) is 24.0 Å². The quantitative estimate of drug-likeness (QED) is 0.400. The molecule has 0 aliphatic carbocycles. The molecule has 0 bridgehead atoms. The van der Waals surface area contributed by atoms with E-state index in [1.165, 1.54) is 11.6 Å². The number of rotatable bonds is 4. The van der Waals surface area contributed by atoms with E-state index < -0.39 is 10.8 Å². The second kappa shape index (κ2) is 9.13. The molecule has 0 atom stereocenters. The van der Waals surface area contributed by atoms with Crippen molar-refractivity contribution in [2.24, 2.45) is 7.05 Å². The van der Waals surface area contributed by atoms with Crippen LogP contribution in [0.3, 0.4) is 0 Å². The number of nitro groups is 1. The average Bonchev–Trinajstić information content (AvgIpc) is 3.12.